The van der Waals surface area contributed by atoms with Gasteiger partial charge in [-0.05, 0) is 44.3 Å². The fraction of sp³-hybridized carbons (Fsp3) is 0.933. The van der Waals surface area contributed by atoms with Gasteiger partial charge in [0.1, 0.15) is 5.60 Å². The van der Waals surface area contributed by atoms with E-state index in [1.54, 1.807) is 6.92 Å². The number of carbonyl (C=O) groups is 1. The Morgan fingerprint density at radius 2 is 2.10 bits per heavy atom. The third-order valence-corrected chi connectivity index (χ3v) is 6.24. The Morgan fingerprint density at radius 3 is 2.60 bits per heavy atom. The lowest BCUT2D eigenvalue weighted by Gasteiger charge is -2.40. The molecule has 2 N–H and O–H groups in total. The van der Waals surface area contributed by atoms with Gasteiger partial charge in [0.05, 0.1) is 0 Å². The van der Waals surface area contributed by atoms with Crippen LogP contribution in [0.3, 0.4) is 0 Å². The average molecular weight is 301 g/mol. The molecule has 1 heterocycles. The predicted octanol–water partition coefficient (Wildman–Crippen LogP) is 1.96. The molecule has 2 rings (SSSR count). The second-order valence-corrected chi connectivity index (χ2v) is 7.92. The quantitative estimate of drug-likeness (QED) is 0.787. The number of nitrogens with one attached hydrogen (secondary N) is 1. The van der Waals surface area contributed by atoms with Crippen molar-refractivity contribution in [2.75, 3.05) is 25.5 Å². The molecule has 1 atom stereocenters. The Hall–Kier alpha value is -0.260. The van der Waals surface area contributed by atoms with E-state index in [0.29, 0.717) is 6.54 Å². The van der Waals surface area contributed by atoms with E-state index in [1.165, 1.54) is 0 Å². The van der Waals surface area contributed by atoms with E-state index in [9.17, 15) is 9.90 Å². The zero-order valence-electron chi connectivity index (χ0n) is 12.6. The molecule has 0 radical (unpaired) electrons. The molecule has 1 aliphatic heterocycles. The van der Waals surface area contributed by atoms with E-state index in [-0.39, 0.29) is 16.6 Å². The summed E-state index contributed by atoms with van der Waals surface area (Å²) >= 11 is 1.90. The predicted molar refractivity (Wildman–Crippen MR) is 81.9 cm³/mol. The zero-order valence-corrected chi connectivity index (χ0v) is 13.4. The Bertz CT molecular complexity index is 331. The molecule has 0 spiro atoms. The first kappa shape index (κ1) is 16.1. The third-order valence-electron chi connectivity index (χ3n) is 4.79. The summed E-state index contributed by atoms with van der Waals surface area (Å²) < 4.78 is 5.52. The molecule has 1 amide bonds. The van der Waals surface area contributed by atoms with E-state index < -0.39 is 5.60 Å². The highest BCUT2D eigenvalue weighted by molar-refractivity contribution is 8.00. The third kappa shape index (κ3) is 3.49. The number of hydrogen-bond donors (Lipinski definition) is 2. The number of thioether (sulfide) groups is 1. The monoisotopic (exact) mass is 301 g/mol. The average Bonchev–Trinajstić information content (AvgIpc) is 2.35. The number of carbonyl (C=O) groups excluding carboxylic acids is 1. The van der Waals surface area contributed by atoms with Crippen molar-refractivity contribution < 1.29 is 14.6 Å². The maximum Gasteiger partial charge on any atom is 0.252 e. The van der Waals surface area contributed by atoms with Gasteiger partial charge in [0.25, 0.3) is 5.91 Å². The Labute approximate surface area is 126 Å². The highest BCUT2D eigenvalue weighted by atomic mass is 32.2. The summed E-state index contributed by atoms with van der Waals surface area (Å²) in [7, 11) is 0. The highest BCUT2D eigenvalue weighted by Crippen LogP contribution is 2.37. The summed E-state index contributed by atoms with van der Waals surface area (Å²) in [5, 5.41) is 13.4. The number of rotatable bonds is 6. The highest BCUT2D eigenvalue weighted by Gasteiger charge is 2.43. The molecule has 4 nitrogen and oxygen atoms in total. The van der Waals surface area contributed by atoms with E-state index in [0.717, 1.165) is 51.1 Å². The molecule has 0 bridgehead atoms. The largest absolute Gasteiger partial charge is 0.381 e. The first-order valence-electron chi connectivity index (χ1n) is 7.72. The van der Waals surface area contributed by atoms with E-state index in [1.807, 2.05) is 11.8 Å². The van der Waals surface area contributed by atoms with Gasteiger partial charge in [-0.3, -0.25) is 4.79 Å². The smallest absolute Gasteiger partial charge is 0.252 e. The fourth-order valence-corrected chi connectivity index (χ4v) is 4.24. The van der Waals surface area contributed by atoms with Crippen molar-refractivity contribution in [1.29, 1.82) is 0 Å². The van der Waals surface area contributed by atoms with Crippen molar-refractivity contribution in [3.63, 3.8) is 0 Å². The molecule has 2 aliphatic rings. The summed E-state index contributed by atoms with van der Waals surface area (Å²) in [6.07, 6.45) is 4.99. The molecule has 0 unspecified atom stereocenters. The Morgan fingerprint density at radius 1 is 1.45 bits per heavy atom. The fourth-order valence-electron chi connectivity index (χ4n) is 3.00. The van der Waals surface area contributed by atoms with Crippen molar-refractivity contribution >= 4 is 17.7 Å². The zero-order chi connectivity index (χ0) is 14.6. The standard InChI is InChI=1S/C15H27NO3S/c1-3-20-15(7-9-19-10-8-15)11-16-13(17)14(2,18)12-5-4-6-12/h12,18H,3-11H2,1-2H3,(H,16,17)/t14-/m1/s1. The van der Waals surface area contributed by atoms with Gasteiger partial charge in [0.15, 0.2) is 0 Å². The van der Waals surface area contributed by atoms with Crippen LogP contribution in [0.4, 0.5) is 0 Å². The van der Waals surface area contributed by atoms with Crippen LogP contribution in [0.15, 0.2) is 0 Å². The number of amides is 1. The van der Waals surface area contributed by atoms with Gasteiger partial charge in [0.2, 0.25) is 0 Å². The molecular weight excluding hydrogens is 274 g/mol. The number of ether oxygens (including phenoxy) is 1. The van der Waals surface area contributed by atoms with Crippen LogP contribution in [-0.2, 0) is 9.53 Å². The Kier molecular flexibility index (Phi) is 5.37. The normalized spacial score (nSPS) is 25.6. The summed E-state index contributed by atoms with van der Waals surface area (Å²) in [5.41, 5.74) is -1.21. The molecule has 2 fully saturated rings. The first-order chi connectivity index (χ1) is 9.50. The van der Waals surface area contributed by atoms with Crippen LogP contribution >= 0.6 is 11.8 Å². The molecule has 1 aliphatic carbocycles. The summed E-state index contributed by atoms with van der Waals surface area (Å²) in [6.45, 7) is 5.98. The lowest BCUT2D eigenvalue weighted by atomic mass is 9.73. The van der Waals surface area contributed by atoms with E-state index in [2.05, 4.69) is 12.2 Å². The van der Waals surface area contributed by atoms with Crippen LogP contribution < -0.4 is 5.32 Å². The molecule has 20 heavy (non-hydrogen) atoms. The molecule has 5 heteroatoms. The van der Waals surface area contributed by atoms with Gasteiger partial charge >= 0.3 is 0 Å². The molecular formula is C15H27NO3S. The lowest BCUT2D eigenvalue weighted by molar-refractivity contribution is -0.147. The van der Waals surface area contributed by atoms with E-state index >= 15 is 0 Å². The van der Waals surface area contributed by atoms with Gasteiger partial charge < -0.3 is 15.2 Å². The second kappa shape index (κ2) is 6.67. The maximum absolute atomic E-state index is 12.3. The van der Waals surface area contributed by atoms with Crippen LogP contribution in [0.25, 0.3) is 0 Å². The topological polar surface area (TPSA) is 58.6 Å². The minimum Gasteiger partial charge on any atom is -0.381 e. The number of hydrogen-bond acceptors (Lipinski definition) is 4. The summed E-state index contributed by atoms with van der Waals surface area (Å²) in [6, 6.07) is 0. The van der Waals surface area contributed by atoms with Crippen molar-refractivity contribution in [1.82, 2.24) is 5.32 Å². The molecule has 0 aromatic rings. The van der Waals surface area contributed by atoms with Gasteiger partial charge in [-0.1, -0.05) is 13.3 Å². The van der Waals surface area contributed by atoms with Crippen molar-refractivity contribution in [3.8, 4) is 0 Å². The summed E-state index contributed by atoms with van der Waals surface area (Å²) in [4.78, 5) is 12.3. The van der Waals surface area contributed by atoms with Gasteiger partial charge in [0, 0.05) is 24.5 Å². The van der Waals surface area contributed by atoms with Crippen molar-refractivity contribution in [2.24, 2.45) is 5.92 Å². The lowest BCUT2D eigenvalue weighted by Crippen LogP contribution is -2.55. The van der Waals surface area contributed by atoms with Crippen molar-refractivity contribution in [3.05, 3.63) is 0 Å². The summed E-state index contributed by atoms with van der Waals surface area (Å²) in [5.74, 6) is 0.964. The van der Waals surface area contributed by atoms with E-state index in [4.69, 9.17) is 4.74 Å². The Balaban J connectivity index is 1.89. The van der Waals surface area contributed by atoms with Gasteiger partial charge in [-0.25, -0.2) is 0 Å². The molecule has 0 aromatic heterocycles. The van der Waals surface area contributed by atoms with Crippen molar-refractivity contribution in [2.45, 2.75) is 56.3 Å². The minimum atomic E-state index is -1.21. The second-order valence-electron chi connectivity index (χ2n) is 6.19. The molecule has 1 saturated heterocycles. The van der Waals surface area contributed by atoms with Gasteiger partial charge in [-0.15, -0.1) is 0 Å². The minimum absolute atomic E-state index is 0.0817. The number of aliphatic hydroxyl groups is 1. The SMILES string of the molecule is CCSC1(CNC(=O)[C@](C)(O)C2CCC2)CCOCC1. The van der Waals surface area contributed by atoms with Crippen LogP contribution in [0.1, 0.15) is 46.0 Å². The molecule has 0 aromatic carbocycles. The van der Waals surface area contributed by atoms with Crippen LogP contribution in [0, 0.1) is 5.92 Å². The maximum atomic E-state index is 12.3. The molecule has 116 valence electrons. The van der Waals surface area contributed by atoms with Crippen LogP contribution in [-0.4, -0.2) is 46.9 Å². The van der Waals surface area contributed by atoms with Crippen LogP contribution in [0.2, 0.25) is 0 Å². The first-order valence-corrected chi connectivity index (χ1v) is 8.71. The van der Waals surface area contributed by atoms with Gasteiger partial charge in [-0.2, -0.15) is 11.8 Å². The van der Waals surface area contributed by atoms with Crippen LogP contribution in [0.5, 0.6) is 0 Å². The molecule has 1 saturated carbocycles.